The fraction of sp³-hybridized carbons (Fsp3) is 0.522. The van der Waals surface area contributed by atoms with Gasteiger partial charge >= 0.3 is 0 Å². The Hall–Kier alpha value is -2.34. The number of hydrogen-bond acceptors (Lipinski definition) is 5. The van der Waals surface area contributed by atoms with Crippen LogP contribution in [0.5, 0.6) is 5.75 Å². The van der Waals surface area contributed by atoms with Crippen molar-refractivity contribution in [2.75, 3.05) is 36.5 Å². The third-order valence-corrected chi connectivity index (χ3v) is 5.76. The Morgan fingerprint density at radius 2 is 2.00 bits per heavy atom. The normalized spacial score (nSPS) is 19.9. The number of amides is 1. The predicted octanol–water partition coefficient (Wildman–Crippen LogP) is 4.85. The maximum Gasteiger partial charge on any atom is 0.246 e. The van der Waals surface area contributed by atoms with Gasteiger partial charge in [0.15, 0.2) is 5.82 Å². The largest absolute Gasteiger partial charge is 0.493 e. The van der Waals surface area contributed by atoms with Gasteiger partial charge in [0.1, 0.15) is 17.3 Å². The number of nitrogens with zero attached hydrogens (tertiary/aromatic N) is 4. The van der Waals surface area contributed by atoms with Gasteiger partial charge in [-0.3, -0.25) is 4.79 Å². The SMILES string of the molecule is C.C.CCN1C(=O)CN(C)c2nc(CC3CC(COc4cccc(Cl)c4)C3)ncc21. The van der Waals surface area contributed by atoms with Crippen LogP contribution in [0.25, 0.3) is 0 Å². The van der Waals surface area contributed by atoms with E-state index in [1.807, 2.05) is 43.1 Å². The third-order valence-electron chi connectivity index (χ3n) is 5.53. The van der Waals surface area contributed by atoms with Crippen LogP contribution < -0.4 is 14.5 Å². The van der Waals surface area contributed by atoms with Gasteiger partial charge in [-0.2, -0.15) is 0 Å². The summed E-state index contributed by atoms with van der Waals surface area (Å²) < 4.78 is 5.85. The van der Waals surface area contributed by atoms with E-state index in [9.17, 15) is 4.79 Å². The lowest BCUT2D eigenvalue weighted by atomic mass is 9.73. The van der Waals surface area contributed by atoms with E-state index in [4.69, 9.17) is 21.3 Å². The van der Waals surface area contributed by atoms with Crippen LogP contribution in [0.4, 0.5) is 11.5 Å². The van der Waals surface area contributed by atoms with E-state index in [1.165, 1.54) is 0 Å². The molecule has 0 N–H and O–H groups in total. The highest BCUT2D eigenvalue weighted by atomic mass is 35.5. The molecule has 1 aromatic heterocycles. The minimum atomic E-state index is 0. The molecule has 164 valence electrons. The van der Waals surface area contributed by atoms with Crippen molar-refractivity contribution in [3.05, 3.63) is 41.3 Å². The zero-order chi connectivity index (χ0) is 19.7. The van der Waals surface area contributed by atoms with E-state index in [0.717, 1.165) is 48.9 Å². The Balaban J connectivity index is 0.00000160. The molecule has 1 aliphatic carbocycles. The zero-order valence-corrected chi connectivity index (χ0v) is 17.0. The van der Waals surface area contributed by atoms with Gasteiger partial charge in [0, 0.05) is 25.0 Å². The fourth-order valence-electron chi connectivity index (χ4n) is 4.02. The first-order chi connectivity index (χ1) is 13.5. The highest BCUT2D eigenvalue weighted by molar-refractivity contribution is 6.30. The average molecular weight is 433 g/mol. The van der Waals surface area contributed by atoms with Crippen LogP contribution in [0.2, 0.25) is 5.02 Å². The molecular formula is C23H33ClN4O2. The first kappa shape index (κ1) is 23.9. The summed E-state index contributed by atoms with van der Waals surface area (Å²) in [6, 6.07) is 7.53. The number of benzene rings is 1. The number of carbonyl (C=O) groups excluding carboxylic acids is 1. The fourth-order valence-corrected chi connectivity index (χ4v) is 4.20. The molecule has 2 aromatic rings. The summed E-state index contributed by atoms with van der Waals surface area (Å²) in [7, 11) is 1.91. The molecule has 2 aliphatic rings. The van der Waals surface area contributed by atoms with Crippen LogP contribution in [0.3, 0.4) is 0 Å². The lowest BCUT2D eigenvalue weighted by Crippen LogP contribution is -2.45. The minimum absolute atomic E-state index is 0. The van der Waals surface area contributed by atoms with E-state index in [2.05, 4.69) is 4.98 Å². The van der Waals surface area contributed by atoms with Crippen molar-refractivity contribution >= 4 is 29.0 Å². The molecule has 0 bridgehead atoms. The number of rotatable bonds is 6. The molecule has 0 atom stereocenters. The van der Waals surface area contributed by atoms with Crippen LogP contribution in [0.1, 0.15) is 40.4 Å². The first-order valence-electron chi connectivity index (χ1n) is 9.79. The maximum atomic E-state index is 12.1. The summed E-state index contributed by atoms with van der Waals surface area (Å²) in [6.45, 7) is 3.70. The molecule has 7 heteroatoms. The standard InChI is InChI=1S/C21H25ClN4O2.2CH4/c1-3-26-18-11-23-19(24-21(18)25(2)12-20(26)27)9-14-7-15(8-14)13-28-17-6-4-5-16(22)10-17;;/h4-6,10-11,14-15H,3,7-9,12-13H2,1-2H3;2*1H4. The van der Waals surface area contributed by atoms with Crippen molar-refractivity contribution in [3.63, 3.8) is 0 Å². The molecule has 0 saturated heterocycles. The quantitative estimate of drug-likeness (QED) is 0.652. The Kier molecular flexibility index (Phi) is 8.07. The molecule has 1 aliphatic heterocycles. The van der Waals surface area contributed by atoms with Gasteiger partial charge in [0.25, 0.3) is 0 Å². The molecule has 30 heavy (non-hydrogen) atoms. The summed E-state index contributed by atoms with van der Waals surface area (Å²) in [5.74, 6) is 3.78. The second-order valence-electron chi connectivity index (χ2n) is 7.67. The Labute approximate surface area is 185 Å². The van der Waals surface area contributed by atoms with Gasteiger partial charge in [0.05, 0.1) is 19.3 Å². The summed E-state index contributed by atoms with van der Waals surface area (Å²) in [5, 5.41) is 0.696. The van der Waals surface area contributed by atoms with Crippen molar-refractivity contribution in [1.29, 1.82) is 0 Å². The molecule has 1 amide bonds. The summed E-state index contributed by atoms with van der Waals surface area (Å²) in [6.07, 6.45) is 4.91. The Bertz CT molecular complexity index is 870. The van der Waals surface area contributed by atoms with Gasteiger partial charge < -0.3 is 14.5 Å². The first-order valence-corrected chi connectivity index (χ1v) is 10.2. The van der Waals surface area contributed by atoms with Gasteiger partial charge in [-0.05, 0) is 49.8 Å². The molecular weight excluding hydrogens is 400 g/mol. The van der Waals surface area contributed by atoms with Crippen LogP contribution in [-0.4, -0.2) is 42.6 Å². The third kappa shape index (κ3) is 5.04. The molecule has 1 saturated carbocycles. The second-order valence-corrected chi connectivity index (χ2v) is 8.10. The predicted molar refractivity (Wildman–Crippen MR) is 124 cm³/mol. The second kappa shape index (κ2) is 10.1. The Morgan fingerprint density at radius 3 is 2.70 bits per heavy atom. The maximum absolute atomic E-state index is 12.1. The number of carbonyl (C=O) groups is 1. The number of aromatic nitrogens is 2. The van der Waals surface area contributed by atoms with Crippen molar-refractivity contribution < 1.29 is 9.53 Å². The highest BCUT2D eigenvalue weighted by Gasteiger charge is 2.32. The molecule has 1 fully saturated rings. The molecule has 0 radical (unpaired) electrons. The van der Waals surface area contributed by atoms with Crippen molar-refractivity contribution in [3.8, 4) is 5.75 Å². The van der Waals surface area contributed by atoms with Crippen molar-refractivity contribution in [1.82, 2.24) is 9.97 Å². The number of anilines is 2. The number of halogens is 1. The van der Waals surface area contributed by atoms with Crippen LogP contribution in [0.15, 0.2) is 30.5 Å². The smallest absolute Gasteiger partial charge is 0.246 e. The van der Waals surface area contributed by atoms with Crippen LogP contribution in [-0.2, 0) is 11.2 Å². The molecule has 0 spiro atoms. The summed E-state index contributed by atoms with van der Waals surface area (Å²) in [5.41, 5.74) is 0.811. The summed E-state index contributed by atoms with van der Waals surface area (Å²) >= 11 is 5.99. The van der Waals surface area contributed by atoms with E-state index in [0.29, 0.717) is 29.9 Å². The Morgan fingerprint density at radius 1 is 1.23 bits per heavy atom. The minimum Gasteiger partial charge on any atom is -0.493 e. The number of hydrogen-bond donors (Lipinski definition) is 0. The van der Waals surface area contributed by atoms with Gasteiger partial charge in [-0.25, -0.2) is 9.97 Å². The zero-order valence-electron chi connectivity index (χ0n) is 16.3. The lowest BCUT2D eigenvalue weighted by Gasteiger charge is -2.36. The number of likely N-dealkylation sites (N-methyl/N-ethyl adjacent to an activating group) is 2. The number of fused-ring (bicyclic) bond motifs is 1. The molecule has 6 nitrogen and oxygen atoms in total. The molecule has 2 heterocycles. The molecule has 4 rings (SSSR count). The van der Waals surface area contributed by atoms with E-state index in [1.54, 1.807) is 11.1 Å². The van der Waals surface area contributed by atoms with Crippen LogP contribution >= 0.6 is 11.6 Å². The van der Waals surface area contributed by atoms with Gasteiger partial charge in [0.2, 0.25) is 5.91 Å². The van der Waals surface area contributed by atoms with Crippen LogP contribution in [0, 0.1) is 11.8 Å². The number of ether oxygens (including phenoxy) is 1. The van der Waals surface area contributed by atoms with Crippen molar-refractivity contribution in [2.45, 2.75) is 41.0 Å². The monoisotopic (exact) mass is 432 g/mol. The molecule has 0 unspecified atom stereocenters. The summed E-state index contributed by atoms with van der Waals surface area (Å²) in [4.78, 5) is 25.1. The highest BCUT2D eigenvalue weighted by Crippen LogP contribution is 2.37. The van der Waals surface area contributed by atoms with E-state index in [-0.39, 0.29) is 20.8 Å². The average Bonchev–Trinajstić information content (AvgIpc) is 2.64. The van der Waals surface area contributed by atoms with E-state index >= 15 is 0 Å². The topological polar surface area (TPSA) is 58.6 Å². The van der Waals surface area contributed by atoms with Gasteiger partial charge in [-0.1, -0.05) is 32.5 Å². The van der Waals surface area contributed by atoms with Gasteiger partial charge in [-0.15, -0.1) is 0 Å². The molecule has 1 aromatic carbocycles. The van der Waals surface area contributed by atoms with E-state index < -0.39 is 0 Å². The lowest BCUT2D eigenvalue weighted by molar-refractivity contribution is -0.117. The van der Waals surface area contributed by atoms with Crippen molar-refractivity contribution in [2.24, 2.45) is 11.8 Å².